The molecule has 1 saturated heterocycles. The molecule has 3 atom stereocenters. The quantitative estimate of drug-likeness (QED) is 0.294. The number of hydrogen-bond donors (Lipinski definition) is 1. The van der Waals surface area contributed by atoms with Crippen molar-refractivity contribution in [3.05, 3.63) is 83.7 Å². The van der Waals surface area contributed by atoms with Crippen LogP contribution in [0.4, 0.5) is 0 Å². The number of piperidine rings is 1. The summed E-state index contributed by atoms with van der Waals surface area (Å²) in [4.78, 5) is 23.5. The third-order valence-electron chi connectivity index (χ3n) is 8.78. The highest BCUT2D eigenvalue weighted by Crippen LogP contribution is 2.35. The Morgan fingerprint density at radius 3 is 2.74 bits per heavy atom. The van der Waals surface area contributed by atoms with Crippen LogP contribution in [0, 0.1) is 18.8 Å². The van der Waals surface area contributed by atoms with Gasteiger partial charge in [0.05, 0.1) is 17.6 Å². The number of benzene rings is 3. The van der Waals surface area contributed by atoms with Crippen molar-refractivity contribution in [1.29, 1.82) is 0 Å². The summed E-state index contributed by atoms with van der Waals surface area (Å²) in [6.07, 6.45) is 6.84. The third kappa shape index (κ3) is 5.73. The fourth-order valence-electron chi connectivity index (χ4n) is 6.50. The Hall–Kier alpha value is -3.60. The number of aromatic amines is 1. The van der Waals surface area contributed by atoms with Crippen LogP contribution in [0.5, 0.6) is 5.75 Å². The van der Waals surface area contributed by atoms with E-state index < -0.39 is 0 Å². The highest BCUT2D eigenvalue weighted by Gasteiger charge is 2.29. The van der Waals surface area contributed by atoms with Gasteiger partial charge in [-0.05, 0) is 104 Å². The van der Waals surface area contributed by atoms with Gasteiger partial charge < -0.3 is 14.6 Å². The van der Waals surface area contributed by atoms with Gasteiger partial charge in [0, 0.05) is 19.0 Å². The molecular weight excluding hydrogens is 482 g/mol. The average Bonchev–Trinajstić information content (AvgIpc) is 3.25. The van der Waals surface area contributed by atoms with Crippen molar-refractivity contribution in [2.45, 2.75) is 64.8 Å². The van der Waals surface area contributed by atoms with Gasteiger partial charge in [-0.3, -0.25) is 4.79 Å². The van der Waals surface area contributed by atoms with E-state index in [1.165, 1.54) is 28.7 Å². The normalized spacial score (nSPS) is 21.3. The van der Waals surface area contributed by atoms with Gasteiger partial charge in [-0.15, -0.1) is 0 Å². The summed E-state index contributed by atoms with van der Waals surface area (Å²) in [7, 11) is 0. The lowest BCUT2D eigenvalue weighted by Crippen LogP contribution is -2.45. The number of carbonyl (C=O) groups excluding carboxylic acids is 1. The van der Waals surface area contributed by atoms with Crippen molar-refractivity contribution in [3.8, 4) is 16.9 Å². The maximum Gasteiger partial charge on any atom is 0.222 e. The number of imidazole rings is 1. The molecule has 3 unspecified atom stereocenters. The molecule has 0 spiro atoms. The number of aromatic nitrogens is 2. The number of nitrogens with one attached hydrogen (secondary N) is 1. The number of amides is 1. The van der Waals surface area contributed by atoms with Crippen LogP contribution in [-0.4, -0.2) is 40.0 Å². The fraction of sp³-hybridized carbons (Fsp3) is 0.412. The van der Waals surface area contributed by atoms with Gasteiger partial charge >= 0.3 is 0 Å². The van der Waals surface area contributed by atoms with Gasteiger partial charge in [0.1, 0.15) is 11.6 Å². The standard InChI is InChI=1S/C34H39N3O2/c1-23-18-29-20-26(27-11-14-31-32(21-27)36-24(2)35-31)12-15-33(29)39-22-28(23)13-16-34(38)37-17-7-6-10-30(37)19-25-8-4-3-5-9-25/h3-5,8-9,11-12,14-15,20-21,23,28,30H,6-7,10,13,16-19,22H2,1-2H3,(H,35,36). The number of rotatable bonds is 6. The minimum atomic E-state index is 0.316. The Bertz CT molecular complexity index is 1440. The van der Waals surface area contributed by atoms with E-state index in [-0.39, 0.29) is 0 Å². The average molecular weight is 522 g/mol. The minimum absolute atomic E-state index is 0.316. The van der Waals surface area contributed by atoms with Gasteiger partial charge in [0.25, 0.3) is 0 Å². The first-order valence-electron chi connectivity index (χ1n) is 14.6. The van der Waals surface area contributed by atoms with Crippen LogP contribution < -0.4 is 4.74 Å². The molecule has 5 nitrogen and oxygen atoms in total. The lowest BCUT2D eigenvalue weighted by molar-refractivity contribution is -0.135. The predicted octanol–water partition coefficient (Wildman–Crippen LogP) is 7.13. The van der Waals surface area contributed by atoms with Gasteiger partial charge in [-0.25, -0.2) is 4.98 Å². The molecule has 6 rings (SSSR count). The number of nitrogens with zero attached hydrogens (tertiary/aromatic N) is 2. The van der Waals surface area contributed by atoms with Crippen molar-refractivity contribution in [2.75, 3.05) is 13.2 Å². The number of fused-ring (bicyclic) bond motifs is 2. The van der Waals surface area contributed by atoms with Crippen molar-refractivity contribution >= 4 is 16.9 Å². The highest BCUT2D eigenvalue weighted by atomic mass is 16.5. The van der Waals surface area contributed by atoms with Crippen molar-refractivity contribution in [1.82, 2.24) is 14.9 Å². The Kier molecular flexibility index (Phi) is 7.40. The largest absolute Gasteiger partial charge is 0.493 e. The Balaban J connectivity index is 1.10. The smallest absolute Gasteiger partial charge is 0.222 e. The fourth-order valence-corrected chi connectivity index (χ4v) is 6.50. The molecule has 3 heterocycles. The second-order valence-electron chi connectivity index (χ2n) is 11.6. The molecule has 1 fully saturated rings. The molecule has 5 heteroatoms. The monoisotopic (exact) mass is 521 g/mol. The second-order valence-corrected chi connectivity index (χ2v) is 11.6. The summed E-state index contributed by atoms with van der Waals surface area (Å²) in [5.41, 5.74) is 7.02. The molecule has 0 radical (unpaired) electrons. The molecule has 0 aliphatic carbocycles. The van der Waals surface area contributed by atoms with E-state index in [1.807, 2.05) is 6.92 Å². The summed E-state index contributed by atoms with van der Waals surface area (Å²) in [5.74, 6) is 3.05. The Morgan fingerprint density at radius 2 is 1.87 bits per heavy atom. The van der Waals surface area contributed by atoms with Gasteiger partial charge in [-0.2, -0.15) is 0 Å². The molecular formula is C34H39N3O2. The summed E-state index contributed by atoms with van der Waals surface area (Å²) >= 11 is 0. The Morgan fingerprint density at radius 1 is 1.05 bits per heavy atom. The van der Waals surface area contributed by atoms with E-state index in [0.717, 1.165) is 61.3 Å². The number of hydrogen-bond acceptors (Lipinski definition) is 3. The van der Waals surface area contributed by atoms with Crippen LogP contribution in [0.3, 0.4) is 0 Å². The Labute approximate surface area is 231 Å². The number of ether oxygens (including phenoxy) is 1. The van der Waals surface area contributed by atoms with Gasteiger partial charge in [0.2, 0.25) is 5.91 Å². The molecule has 2 aliphatic rings. The second kappa shape index (κ2) is 11.3. The molecule has 39 heavy (non-hydrogen) atoms. The maximum absolute atomic E-state index is 13.4. The van der Waals surface area contributed by atoms with Crippen LogP contribution in [0.1, 0.15) is 56.0 Å². The van der Waals surface area contributed by atoms with E-state index in [1.54, 1.807) is 0 Å². The summed E-state index contributed by atoms with van der Waals surface area (Å²) in [6, 6.07) is 23.9. The van der Waals surface area contributed by atoms with Crippen molar-refractivity contribution < 1.29 is 9.53 Å². The number of carbonyl (C=O) groups is 1. The van der Waals surface area contributed by atoms with Gasteiger partial charge in [-0.1, -0.05) is 49.4 Å². The predicted molar refractivity (Wildman–Crippen MR) is 157 cm³/mol. The summed E-state index contributed by atoms with van der Waals surface area (Å²) in [6.45, 7) is 5.87. The summed E-state index contributed by atoms with van der Waals surface area (Å²) in [5, 5.41) is 0. The first-order valence-corrected chi connectivity index (χ1v) is 14.6. The van der Waals surface area contributed by atoms with E-state index in [9.17, 15) is 4.79 Å². The first kappa shape index (κ1) is 25.7. The zero-order chi connectivity index (χ0) is 26.8. The number of likely N-dealkylation sites (tertiary alicyclic amines) is 1. The molecule has 202 valence electrons. The highest BCUT2D eigenvalue weighted by molar-refractivity contribution is 5.82. The minimum Gasteiger partial charge on any atom is -0.493 e. The van der Waals surface area contributed by atoms with Crippen LogP contribution >= 0.6 is 0 Å². The first-order chi connectivity index (χ1) is 19.0. The van der Waals surface area contributed by atoms with E-state index in [2.05, 4.69) is 88.5 Å². The molecule has 0 bridgehead atoms. The van der Waals surface area contributed by atoms with E-state index in [4.69, 9.17) is 4.74 Å². The zero-order valence-electron chi connectivity index (χ0n) is 23.2. The molecule has 2 aliphatic heterocycles. The lowest BCUT2D eigenvalue weighted by Gasteiger charge is -2.36. The van der Waals surface area contributed by atoms with E-state index >= 15 is 0 Å². The zero-order valence-corrected chi connectivity index (χ0v) is 23.2. The van der Waals surface area contributed by atoms with Crippen LogP contribution in [0.15, 0.2) is 66.7 Å². The topological polar surface area (TPSA) is 58.2 Å². The van der Waals surface area contributed by atoms with Gasteiger partial charge in [0.15, 0.2) is 0 Å². The SMILES string of the molecule is Cc1nc2ccc(-c3ccc4c(c3)CC(C)C(CCC(=O)N3CCCCC3Cc3ccccc3)CO4)cc2[nH]1. The maximum atomic E-state index is 13.4. The van der Waals surface area contributed by atoms with Crippen molar-refractivity contribution in [2.24, 2.45) is 11.8 Å². The molecule has 1 N–H and O–H groups in total. The molecule has 0 saturated carbocycles. The molecule has 1 aromatic heterocycles. The molecule has 1 amide bonds. The lowest BCUT2D eigenvalue weighted by atomic mass is 9.85. The third-order valence-corrected chi connectivity index (χ3v) is 8.78. The van der Waals surface area contributed by atoms with E-state index in [0.29, 0.717) is 36.8 Å². The number of aryl methyl sites for hydroxylation is 1. The molecule has 4 aromatic rings. The number of H-pyrrole nitrogens is 1. The van der Waals surface area contributed by atoms with Crippen LogP contribution in [-0.2, 0) is 17.6 Å². The van der Waals surface area contributed by atoms with Crippen molar-refractivity contribution in [3.63, 3.8) is 0 Å². The summed E-state index contributed by atoms with van der Waals surface area (Å²) < 4.78 is 6.33. The van der Waals surface area contributed by atoms with Crippen LogP contribution in [0.25, 0.3) is 22.2 Å². The van der Waals surface area contributed by atoms with Crippen LogP contribution in [0.2, 0.25) is 0 Å². The molecule has 3 aromatic carbocycles.